The number of carbonyl (C=O) groups excluding carboxylic acids is 2. The van der Waals surface area contributed by atoms with Crippen LogP contribution in [0.5, 0.6) is 0 Å². The minimum absolute atomic E-state index is 0.172. The molecule has 2 rings (SSSR count). The summed E-state index contributed by atoms with van der Waals surface area (Å²) in [5.41, 5.74) is 0.396. The van der Waals surface area contributed by atoms with Crippen LogP contribution < -0.4 is 5.32 Å². The van der Waals surface area contributed by atoms with E-state index in [1.807, 2.05) is 0 Å². The number of nitrogens with one attached hydrogen (secondary N) is 1. The van der Waals surface area contributed by atoms with E-state index in [4.69, 9.17) is 0 Å². The Hall–Kier alpha value is -2.55. The standard InChI is InChI=1S/C15H18N4O4S/c1-10(11-3-4-13(24)12(9-11)19(22)23)14(20)17-5-7-18(8-6-17)15(21)16-2/h3-4,9,24H,1,5-8H2,2H3,(H,16,21). The molecule has 0 aromatic heterocycles. The molecule has 1 aromatic carbocycles. The zero-order chi connectivity index (χ0) is 17.9. The molecule has 0 aliphatic carbocycles. The van der Waals surface area contributed by atoms with Crippen LogP contribution in [0.1, 0.15) is 5.56 Å². The predicted octanol–water partition coefficient (Wildman–Crippen LogP) is 1.38. The highest BCUT2D eigenvalue weighted by Gasteiger charge is 2.26. The molecule has 0 radical (unpaired) electrons. The molecule has 0 unspecified atom stereocenters. The number of hydrogen-bond donors (Lipinski definition) is 2. The van der Waals surface area contributed by atoms with E-state index >= 15 is 0 Å². The van der Waals surface area contributed by atoms with Crippen molar-refractivity contribution in [1.82, 2.24) is 15.1 Å². The smallest absolute Gasteiger partial charge is 0.317 e. The third-order valence-electron chi connectivity index (χ3n) is 3.85. The summed E-state index contributed by atoms with van der Waals surface area (Å²) in [7, 11) is 1.56. The van der Waals surface area contributed by atoms with E-state index in [1.54, 1.807) is 22.9 Å². The topological polar surface area (TPSA) is 95.8 Å². The van der Waals surface area contributed by atoms with Crippen molar-refractivity contribution in [3.63, 3.8) is 0 Å². The van der Waals surface area contributed by atoms with Gasteiger partial charge in [-0.15, -0.1) is 12.6 Å². The van der Waals surface area contributed by atoms with Crippen molar-refractivity contribution >= 4 is 35.8 Å². The minimum atomic E-state index is -0.550. The average Bonchev–Trinajstić information content (AvgIpc) is 2.60. The molecular weight excluding hydrogens is 332 g/mol. The molecule has 1 saturated heterocycles. The molecule has 1 heterocycles. The Morgan fingerprint density at radius 3 is 2.38 bits per heavy atom. The Morgan fingerprint density at radius 2 is 1.83 bits per heavy atom. The summed E-state index contributed by atoms with van der Waals surface area (Å²) in [4.78, 5) is 37.9. The number of rotatable bonds is 3. The minimum Gasteiger partial charge on any atom is -0.341 e. The van der Waals surface area contributed by atoms with Gasteiger partial charge in [0.15, 0.2) is 0 Å². The highest BCUT2D eigenvalue weighted by molar-refractivity contribution is 7.80. The van der Waals surface area contributed by atoms with Gasteiger partial charge in [0.05, 0.1) is 9.82 Å². The van der Waals surface area contributed by atoms with E-state index in [9.17, 15) is 19.7 Å². The van der Waals surface area contributed by atoms with Gasteiger partial charge in [0, 0.05) is 44.9 Å². The highest BCUT2D eigenvalue weighted by atomic mass is 32.1. The van der Waals surface area contributed by atoms with Crippen molar-refractivity contribution in [3.05, 3.63) is 40.5 Å². The first kappa shape index (κ1) is 17.8. The number of thiol groups is 1. The lowest BCUT2D eigenvalue weighted by atomic mass is 10.1. The molecule has 1 aliphatic heterocycles. The average molecular weight is 350 g/mol. The van der Waals surface area contributed by atoms with E-state index < -0.39 is 4.92 Å². The van der Waals surface area contributed by atoms with Crippen LogP contribution in [-0.4, -0.2) is 59.9 Å². The first-order valence-corrected chi connectivity index (χ1v) is 7.72. The number of nitrogens with zero attached hydrogens (tertiary/aromatic N) is 3. The largest absolute Gasteiger partial charge is 0.341 e. The molecule has 0 atom stereocenters. The van der Waals surface area contributed by atoms with Gasteiger partial charge in [-0.05, 0) is 11.6 Å². The van der Waals surface area contributed by atoms with Crippen LogP contribution in [0.15, 0.2) is 29.7 Å². The number of urea groups is 1. The lowest BCUT2D eigenvalue weighted by Gasteiger charge is -2.34. The quantitative estimate of drug-likeness (QED) is 0.373. The number of amides is 3. The summed E-state index contributed by atoms with van der Waals surface area (Å²) in [5.74, 6) is -0.298. The van der Waals surface area contributed by atoms with Gasteiger partial charge in [-0.2, -0.15) is 0 Å². The Morgan fingerprint density at radius 1 is 1.25 bits per heavy atom. The van der Waals surface area contributed by atoms with Gasteiger partial charge in [-0.3, -0.25) is 14.9 Å². The van der Waals surface area contributed by atoms with Gasteiger partial charge < -0.3 is 15.1 Å². The third kappa shape index (κ3) is 3.67. The third-order valence-corrected chi connectivity index (χ3v) is 4.22. The summed E-state index contributed by atoms with van der Waals surface area (Å²) in [6, 6.07) is 4.17. The second kappa shape index (κ2) is 7.35. The Bertz CT molecular complexity index is 699. The lowest BCUT2D eigenvalue weighted by molar-refractivity contribution is -0.387. The van der Waals surface area contributed by atoms with E-state index in [1.165, 1.54) is 12.1 Å². The van der Waals surface area contributed by atoms with Gasteiger partial charge in [-0.1, -0.05) is 12.6 Å². The van der Waals surface area contributed by atoms with Gasteiger partial charge in [-0.25, -0.2) is 4.79 Å². The number of benzene rings is 1. The van der Waals surface area contributed by atoms with Crippen LogP contribution in [0, 0.1) is 10.1 Å². The fourth-order valence-electron chi connectivity index (χ4n) is 2.44. The Kier molecular flexibility index (Phi) is 5.45. The lowest BCUT2D eigenvalue weighted by Crippen LogP contribution is -2.52. The summed E-state index contributed by atoms with van der Waals surface area (Å²) < 4.78 is 0. The maximum atomic E-state index is 12.5. The first-order chi connectivity index (χ1) is 11.3. The van der Waals surface area contributed by atoms with Crippen molar-refractivity contribution < 1.29 is 14.5 Å². The molecule has 1 aliphatic rings. The summed E-state index contributed by atoms with van der Waals surface area (Å²) in [6.45, 7) is 5.39. The van der Waals surface area contributed by atoms with Gasteiger partial charge in [0.25, 0.3) is 11.6 Å². The fraction of sp³-hybridized carbons (Fsp3) is 0.333. The molecule has 1 N–H and O–H groups in total. The zero-order valence-corrected chi connectivity index (χ0v) is 14.1. The zero-order valence-electron chi connectivity index (χ0n) is 13.2. The summed E-state index contributed by atoms with van der Waals surface area (Å²) in [6.07, 6.45) is 0. The second-order valence-corrected chi connectivity index (χ2v) is 5.76. The monoisotopic (exact) mass is 350 g/mol. The van der Waals surface area contributed by atoms with E-state index in [2.05, 4.69) is 24.5 Å². The molecule has 8 nitrogen and oxygen atoms in total. The van der Waals surface area contributed by atoms with Crippen molar-refractivity contribution in [1.29, 1.82) is 0 Å². The first-order valence-electron chi connectivity index (χ1n) is 7.27. The normalized spacial score (nSPS) is 14.2. The second-order valence-electron chi connectivity index (χ2n) is 5.27. The maximum absolute atomic E-state index is 12.5. The molecule has 128 valence electrons. The van der Waals surface area contributed by atoms with Crippen molar-refractivity contribution in [2.24, 2.45) is 0 Å². The number of hydrogen-bond acceptors (Lipinski definition) is 5. The Labute approximate surface area is 144 Å². The van der Waals surface area contributed by atoms with Crippen LogP contribution in [0.25, 0.3) is 5.57 Å². The van der Waals surface area contributed by atoms with Crippen LogP contribution in [-0.2, 0) is 4.79 Å². The molecule has 24 heavy (non-hydrogen) atoms. The van der Waals surface area contributed by atoms with Crippen LogP contribution in [0.4, 0.5) is 10.5 Å². The molecule has 1 aromatic rings. The molecular formula is C15H18N4O4S. The van der Waals surface area contributed by atoms with Crippen LogP contribution in [0.2, 0.25) is 0 Å². The van der Waals surface area contributed by atoms with Crippen LogP contribution >= 0.6 is 12.6 Å². The number of nitro groups is 1. The SMILES string of the molecule is C=C(C(=O)N1CCN(C(=O)NC)CC1)c1ccc(S)c([N+](=O)[O-])c1. The van der Waals surface area contributed by atoms with Gasteiger partial charge in [0.1, 0.15) is 0 Å². The molecule has 0 bridgehead atoms. The van der Waals surface area contributed by atoms with E-state index in [0.717, 1.165) is 0 Å². The van der Waals surface area contributed by atoms with Gasteiger partial charge >= 0.3 is 6.03 Å². The predicted molar refractivity (Wildman–Crippen MR) is 92.0 cm³/mol. The number of piperazine rings is 1. The molecule has 9 heteroatoms. The molecule has 1 fully saturated rings. The number of nitro benzene ring substituents is 1. The summed E-state index contributed by atoms with van der Waals surface area (Å²) in [5, 5.41) is 13.5. The van der Waals surface area contributed by atoms with Crippen molar-refractivity contribution in [2.75, 3.05) is 33.2 Å². The van der Waals surface area contributed by atoms with E-state index in [-0.39, 0.29) is 28.1 Å². The maximum Gasteiger partial charge on any atom is 0.317 e. The van der Waals surface area contributed by atoms with Crippen molar-refractivity contribution in [3.8, 4) is 0 Å². The summed E-state index contributed by atoms with van der Waals surface area (Å²) >= 11 is 4.03. The van der Waals surface area contributed by atoms with Crippen LogP contribution in [0.3, 0.4) is 0 Å². The highest BCUT2D eigenvalue weighted by Crippen LogP contribution is 2.27. The van der Waals surface area contributed by atoms with E-state index in [0.29, 0.717) is 31.7 Å². The molecule has 0 spiro atoms. The Balaban J connectivity index is 2.08. The molecule has 0 saturated carbocycles. The van der Waals surface area contributed by atoms with Gasteiger partial charge in [0.2, 0.25) is 0 Å². The fourth-order valence-corrected chi connectivity index (χ4v) is 2.66. The number of carbonyl (C=O) groups is 2. The molecule has 3 amide bonds. The van der Waals surface area contributed by atoms with Crippen molar-refractivity contribution in [2.45, 2.75) is 4.90 Å².